The monoisotopic (exact) mass is 685 g/mol. The van der Waals surface area contributed by atoms with Crippen LogP contribution in [0, 0.1) is 5.41 Å². The molecule has 4 aromatic rings. The second-order valence-corrected chi connectivity index (χ2v) is 11.1. The standard InChI is InChI=1S/C28H22BrClF5N5O3/c29-15-2-4-16(5-3-15)37-24(41)17-10-20-21(11-22(17)43-13-23(31)32)40-26(39-20)38-19-9-14(1-6-18(19)30)12-36-25(42)27(7-8-27)28(33,34)35/h1-6,9-11,23H,7-8,12-13H2,(H,36,42)(H,37,41)(H2,38,39,40). The summed E-state index contributed by atoms with van der Waals surface area (Å²) in [6.45, 7) is -1.10. The van der Waals surface area contributed by atoms with Crippen LogP contribution >= 0.6 is 27.5 Å². The van der Waals surface area contributed by atoms with Crippen molar-refractivity contribution in [3.63, 3.8) is 0 Å². The number of alkyl halides is 5. The van der Waals surface area contributed by atoms with Gasteiger partial charge < -0.3 is 25.7 Å². The Hall–Kier alpha value is -3.91. The maximum Gasteiger partial charge on any atom is 0.403 e. The summed E-state index contributed by atoms with van der Waals surface area (Å²) in [6, 6.07) is 14.1. The molecule has 0 spiro atoms. The molecule has 1 heterocycles. The molecule has 15 heteroatoms. The lowest BCUT2D eigenvalue weighted by Gasteiger charge is -2.18. The summed E-state index contributed by atoms with van der Waals surface area (Å²) in [4.78, 5) is 32.6. The molecule has 0 atom stereocenters. The number of H-pyrrole nitrogens is 1. The molecule has 1 saturated carbocycles. The van der Waals surface area contributed by atoms with Gasteiger partial charge in [0, 0.05) is 22.8 Å². The van der Waals surface area contributed by atoms with Crippen molar-refractivity contribution in [2.75, 3.05) is 17.2 Å². The molecule has 226 valence electrons. The number of nitrogens with zero attached hydrogens (tertiary/aromatic N) is 1. The Balaban J connectivity index is 1.36. The highest BCUT2D eigenvalue weighted by atomic mass is 79.9. The van der Waals surface area contributed by atoms with E-state index < -0.39 is 36.4 Å². The minimum Gasteiger partial charge on any atom is -0.487 e. The third-order valence-electron chi connectivity index (χ3n) is 6.76. The second-order valence-electron chi connectivity index (χ2n) is 9.82. The number of hydrogen-bond donors (Lipinski definition) is 4. The molecule has 0 saturated heterocycles. The van der Waals surface area contributed by atoms with E-state index in [1.54, 1.807) is 30.3 Å². The Labute approximate surface area is 254 Å². The normalized spacial score (nSPS) is 14.0. The molecular formula is C28H22BrClF5N5O3. The number of aromatic amines is 1. The Morgan fingerprint density at radius 2 is 1.81 bits per heavy atom. The number of carbonyl (C=O) groups excluding carboxylic acids is 2. The van der Waals surface area contributed by atoms with Crippen molar-refractivity contribution in [1.29, 1.82) is 0 Å². The van der Waals surface area contributed by atoms with Crippen molar-refractivity contribution < 1.29 is 36.3 Å². The van der Waals surface area contributed by atoms with Gasteiger partial charge in [-0.3, -0.25) is 9.59 Å². The lowest BCUT2D eigenvalue weighted by atomic mass is 10.1. The van der Waals surface area contributed by atoms with Gasteiger partial charge in [-0.05, 0) is 60.9 Å². The Morgan fingerprint density at radius 3 is 2.47 bits per heavy atom. The van der Waals surface area contributed by atoms with Gasteiger partial charge in [-0.25, -0.2) is 13.8 Å². The summed E-state index contributed by atoms with van der Waals surface area (Å²) in [7, 11) is 0. The van der Waals surface area contributed by atoms with Gasteiger partial charge in [-0.2, -0.15) is 13.2 Å². The lowest BCUT2D eigenvalue weighted by Crippen LogP contribution is -2.40. The predicted octanol–water partition coefficient (Wildman–Crippen LogP) is 7.58. The highest BCUT2D eigenvalue weighted by molar-refractivity contribution is 9.10. The molecular weight excluding hydrogens is 665 g/mol. The molecule has 0 aliphatic heterocycles. The van der Waals surface area contributed by atoms with E-state index in [2.05, 4.69) is 41.8 Å². The van der Waals surface area contributed by atoms with E-state index in [0.717, 1.165) is 4.47 Å². The van der Waals surface area contributed by atoms with Gasteiger partial charge >= 0.3 is 6.18 Å². The number of nitrogens with one attached hydrogen (secondary N) is 4. The third kappa shape index (κ3) is 6.85. The third-order valence-corrected chi connectivity index (χ3v) is 7.62. The van der Waals surface area contributed by atoms with Crippen molar-refractivity contribution in [3.8, 4) is 5.75 Å². The van der Waals surface area contributed by atoms with E-state index in [1.807, 2.05) is 0 Å². The van der Waals surface area contributed by atoms with Crippen LogP contribution in [-0.4, -0.2) is 41.0 Å². The SMILES string of the molecule is O=C(Nc1ccc(Br)cc1)c1cc2[nH]c(Nc3cc(CNC(=O)C4(C(F)(F)F)CC4)ccc3Cl)nc2cc1OCC(F)F. The quantitative estimate of drug-likeness (QED) is 0.129. The van der Waals surface area contributed by atoms with Crippen LogP contribution in [0.25, 0.3) is 11.0 Å². The first-order valence-electron chi connectivity index (χ1n) is 12.8. The molecule has 5 rings (SSSR count). The average molecular weight is 687 g/mol. The highest BCUT2D eigenvalue weighted by Crippen LogP contribution is 2.57. The van der Waals surface area contributed by atoms with Crippen molar-refractivity contribution in [2.24, 2.45) is 5.41 Å². The number of aromatic nitrogens is 2. The number of ether oxygens (including phenoxy) is 1. The number of anilines is 3. The van der Waals surface area contributed by atoms with E-state index in [-0.39, 0.29) is 47.2 Å². The summed E-state index contributed by atoms with van der Waals surface area (Å²) < 4.78 is 71.6. The maximum atomic E-state index is 13.2. The summed E-state index contributed by atoms with van der Waals surface area (Å²) in [5.41, 5.74) is -0.426. The van der Waals surface area contributed by atoms with E-state index in [9.17, 15) is 31.5 Å². The van der Waals surface area contributed by atoms with E-state index >= 15 is 0 Å². The number of carbonyl (C=O) groups is 2. The van der Waals surface area contributed by atoms with E-state index in [0.29, 0.717) is 22.5 Å². The number of halogens is 7. The largest absolute Gasteiger partial charge is 0.487 e. The van der Waals surface area contributed by atoms with Crippen LogP contribution in [-0.2, 0) is 11.3 Å². The number of fused-ring (bicyclic) bond motifs is 1. The van der Waals surface area contributed by atoms with Gasteiger partial charge in [-0.1, -0.05) is 33.6 Å². The highest BCUT2D eigenvalue weighted by Gasteiger charge is 2.68. The molecule has 2 amide bonds. The fourth-order valence-electron chi connectivity index (χ4n) is 4.30. The van der Waals surface area contributed by atoms with Crippen LogP contribution in [0.2, 0.25) is 5.02 Å². The Kier molecular flexibility index (Phi) is 8.52. The van der Waals surface area contributed by atoms with Crippen molar-refractivity contribution in [2.45, 2.75) is 32.0 Å². The number of imidazole rings is 1. The van der Waals surface area contributed by atoms with Crippen molar-refractivity contribution in [1.82, 2.24) is 15.3 Å². The molecule has 3 aromatic carbocycles. The van der Waals surface area contributed by atoms with Gasteiger partial charge in [0.25, 0.3) is 12.3 Å². The first-order chi connectivity index (χ1) is 20.3. The maximum absolute atomic E-state index is 13.2. The second kappa shape index (κ2) is 12.0. The number of amides is 2. The summed E-state index contributed by atoms with van der Waals surface area (Å²) in [5.74, 6) is -1.62. The molecule has 4 N–H and O–H groups in total. The zero-order valence-corrected chi connectivity index (χ0v) is 24.3. The van der Waals surface area contributed by atoms with Gasteiger partial charge in [0.1, 0.15) is 17.8 Å². The minimum atomic E-state index is -4.62. The summed E-state index contributed by atoms with van der Waals surface area (Å²) in [6.07, 6.45) is -7.89. The first-order valence-corrected chi connectivity index (χ1v) is 13.9. The molecule has 0 bridgehead atoms. The predicted molar refractivity (Wildman–Crippen MR) is 154 cm³/mol. The fraction of sp³-hybridized carbons (Fsp3) is 0.250. The molecule has 1 fully saturated rings. The van der Waals surface area contributed by atoms with Crippen molar-refractivity contribution in [3.05, 3.63) is 75.2 Å². The first kappa shape index (κ1) is 30.5. The number of rotatable bonds is 10. The van der Waals surface area contributed by atoms with Gasteiger partial charge in [0.15, 0.2) is 0 Å². The smallest absolute Gasteiger partial charge is 0.403 e. The molecule has 1 aliphatic rings. The Bertz CT molecular complexity index is 1680. The average Bonchev–Trinajstić information content (AvgIpc) is 3.69. The molecule has 0 radical (unpaired) electrons. The van der Waals surface area contributed by atoms with Crippen LogP contribution in [0.4, 0.5) is 39.3 Å². The van der Waals surface area contributed by atoms with Crippen LogP contribution < -0.4 is 20.7 Å². The Morgan fingerprint density at radius 1 is 1.09 bits per heavy atom. The molecule has 8 nitrogen and oxygen atoms in total. The van der Waals surface area contributed by atoms with Gasteiger partial charge in [-0.15, -0.1) is 0 Å². The molecule has 43 heavy (non-hydrogen) atoms. The van der Waals surface area contributed by atoms with Crippen LogP contribution in [0.3, 0.4) is 0 Å². The summed E-state index contributed by atoms with van der Waals surface area (Å²) in [5, 5.41) is 8.25. The van der Waals surface area contributed by atoms with Crippen LogP contribution in [0.5, 0.6) is 5.75 Å². The molecule has 1 aliphatic carbocycles. The van der Waals surface area contributed by atoms with Gasteiger partial charge in [0.05, 0.1) is 27.3 Å². The molecule has 0 unspecified atom stereocenters. The molecule has 1 aromatic heterocycles. The topological polar surface area (TPSA) is 108 Å². The van der Waals surface area contributed by atoms with E-state index in [1.165, 1.54) is 24.3 Å². The lowest BCUT2D eigenvalue weighted by molar-refractivity contribution is -0.192. The van der Waals surface area contributed by atoms with Crippen LogP contribution in [0.15, 0.2) is 59.1 Å². The summed E-state index contributed by atoms with van der Waals surface area (Å²) >= 11 is 9.62. The van der Waals surface area contributed by atoms with E-state index in [4.69, 9.17) is 16.3 Å². The number of benzene rings is 3. The van der Waals surface area contributed by atoms with Crippen LogP contribution in [0.1, 0.15) is 28.8 Å². The van der Waals surface area contributed by atoms with Crippen molar-refractivity contribution >= 4 is 67.7 Å². The van der Waals surface area contributed by atoms with Gasteiger partial charge in [0.2, 0.25) is 11.9 Å². The zero-order valence-electron chi connectivity index (χ0n) is 21.9. The fourth-order valence-corrected chi connectivity index (χ4v) is 4.73. The number of hydrogen-bond acceptors (Lipinski definition) is 5. The minimum absolute atomic E-state index is 0.0191. The zero-order chi connectivity index (χ0) is 30.9.